The van der Waals surface area contributed by atoms with Crippen LogP contribution in [-0.2, 0) is 10.0 Å². The zero-order valence-corrected chi connectivity index (χ0v) is 9.50. The second kappa shape index (κ2) is 5.61. The van der Waals surface area contributed by atoms with E-state index in [-0.39, 0.29) is 4.90 Å². The van der Waals surface area contributed by atoms with E-state index in [1.165, 1.54) is 24.3 Å². The van der Waals surface area contributed by atoms with Crippen LogP contribution in [0.15, 0.2) is 29.2 Å². The monoisotopic (exact) mass is 239 g/mol. The third kappa shape index (κ3) is 3.31. The molecule has 5 nitrogen and oxygen atoms in total. The minimum absolute atomic E-state index is 0.164. The van der Waals surface area contributed by atoms with Gasteiger partial charge in [-0.05, 0) is 13.0 Å². The first-order valence-corrected chi connectivity index (χ1v) is 6.26. The highest BCUT2D eigenvalue weighted by atomic mass is 32.2. The molecule has 16 heavy (non-hydrogen) atoms. The third-order valence-electron chi connectivity index (χ3n) is 1.95. The molecular formula is C10H13N3O2S. The number of hydrogen-bond acceptors (Lipinski definition) is 3. The summed E-state index contributed by atoms with van der Waals surface area (Å²) in [5.74, 6) is 0. The van der Waals surface area contributed by atoms with E-state index in [1.807, 2.05) is 0 Å². The molecule has 0 amide bonds. The number of nitrogens with zero attached hydrogens (tertiary/aromatic N) is 1. The van der Waals surface area contributed by atoms with E-state index < -0.39 is 10.0 Å². The average molecular weight is 239 g/mol. The normalized spacial score (nSPS) is 11.0. The summed E-state index contributed by atoms with van der Waals surface area (Å²) in [7, 11) is -3.47. The van der Waals surface area contributed by atoms with Gasteiger partial charge in [0.1, 0.15) is 0 Å². The molecule has 0 bridgehead atoms. The standard InChI is InChI=1S/C10H13N3O2S/c1-12-9-3-5-10(6-4-9)16(14,15)13-8-2-7-11/h3-6,13H,2,7-8,11H2. The molecule has 6 heteroatoms. The Morgan fingerprint density at radius 1 is 1.31 bits per heavy atom. The van der Waals surface area contributed by atoms with Gasteiger partial charge in [-0.2, -0.15) is 0 Å². The van der Waals surface area contributed by atoms with Crippen molar-refractivity contribution in [3.05, 3.63) is 35.7 Å². The summed E-state index contributed by atoms with van der Waals surface area (Å²) in [5, 5.41) is 0. The van der Waals surface area contributed by atoms with Crippen LogP contribution in [0.5, 0.6) is 0 Å². The maximum absolute atomic E-state index is 11.7. The van der Waals surface area contributed by atoms with Crippen LogP contribution in [0.4, 0.5) is 5.69 Å². The second-order valence-electron chi connectivity index (χ2n) is 3.15. The molecule has 0 aliphatic heterocycles. The molecular weight excluding hydrogens is 226 g/mol. The number of sulfonamides is 1. The maximum atomic E-state index is 11.7. The van der Waals surface area contributed by atoms with Gasteiger partial charge in [0.25, 0.3) is 0 Å². The molecule has 0 aliphatic carbocycles. The Hall–Kier alpha value is -1.42. The Balaban J connectivity index is 2.79. The summed E-state index contributed by atoms with van der Waals surface area (Å²) >= 11 is 0. The summed E-state index contributed by atoms with van der Waals surface area (Å²) in [6.07, 6.45) is 0.597. The smallest absolute Gasteiger partial charge is 0.240 e. The minimum Gasteiger partial charge on any atom is -0.330 e. The van der Waals surface area contributed by atoms with Crippen LogP contribution in [-0.4, -0.2) is 21.5 Å². The first-order valence-electron chi connectivity index (χ1n) is 4.77. The van der Waals surface area contributed by atoms with Gasteiger partial charge in [-0.15, -0.1) is 0 Å². The highest BCUT2D eigenvalue weighted by molar-refractivity contribution is 7.89. The van der Waals surface area contributed by atoms with Crippen LogP contribution in [0.25, 0.3) is 4.85 Å². The van der Waals surface area contributed by atoms with Gasteiger partial charge in [0.2, 0.25) is 10.0 Å². The second-order valence-corrected chi connectivity index (χ2v) is 4.91. The molecule has 3 N–H and O–H groups in total. The third-order valence-corrected chi connectivity index (χ3v) is 3.43. The maximum Gasteiger partial charge on any atom is 0.240 e. The molecule has 0 aromatic heterocycles. The Bertz CT molecular complexity index is 474. The summed E-state index contributed by atoms with van der Waals surface area (Å²) in [4.78, 5) is 3.35. The Kier molecular flexibility index (Phi) is 4.43. The van der Waals surface area contributed by atoms with Crippen molar-refractivity contribution in [3.8, 4) is 0 Å². The van der Waals surface area contributed by atoms with Gasteiger partial charge in [-0.25, -0.2) is 18.0 Å². The fourth-order valence-corrected chi connectivity index (χ4v) is 2.17. The van der Waals surface area contributed by atoms with Crippen molar-refractivity contribution in [2.45, 2.75) is 11.3 Å². The van der Waals surface area contributed by atoms with Crippen LogP contribution in [0.1, 0.15) is 6.42 Å². The molecule has 0 saturated heterocycles. The molecule has 1 aromatic carbocycles. The lowest BCUT2D eigenvalue weighted by Crippen LogP contribution is -2.26. The molecule has 0 radical (unpaired) electrons. The molecule has 0 saturated carbocycles. The largest absolute Gasteiger partial charge is 0.330 e. The lowest BCUT2D eigenvalue weighted by Gasteiger charge is -2.05. The number of benzene rings is 1. The van der Waals surface area contributed by atoms with E-state index in [2.05, 4.69) is 9.57 Å². The van der Waals surface area contributed by atoms with Gasteiger partial charge in [0.05, 0.1) is 11.5 Å². The van der Waals surface area contributed by atoms with Gasteiger partial charge in [0, 0.05) is 6.54 Å². The SMILES string of the molecule is [C-]#[N+]c1ccc(S(=O)(=O)NCCCN)cc1. The topological polar surface area (TPSA) is 76.5 Å². The molecule has 86 valence electrons. The van der Waals surface area contributed by atoms with E-state index in [0.29, 0.717) is 25.2 Å². The first-order chi connectivity index (χ1) is 7.60. The van der Waals surface area contributed by atoms with E-state index >= 15 is 0 Å². The fourth-order valence-electron chi connectivity index (χ4n) is 1.09. The van der Waals surface area contributed by atoms with Crippen molar-refractivity contribution in [2.75, 3.05) is 13.1 Å². The highest BCUT2D eigenvalue weighted by Crippen LogP contribution is 2.15. The predicted molar refractivity (Wildman–Crippen MR) is 61.6 cm³/mol. The number of rotatable bonds is 5. The summed E-state index contributed by atoms with van der Waals surface area (Å²) in [6, 6.07) is 5.78. The molecule has 1 aromatic rings. The van der Waals surface area contributed by atoms with Crippen molar-refractivity contribution in [1.82, 2.24) is 4.72 Å². The van der Waals surface area contributed by atoms with E-state index in [0.717, 1.165) is 0 Å². The number of hydrogen-bond donors (Lipinski definition) is 2. The minimum atomic E-state index is -3.47. The molecule has 0 atom stereocenters. The number of nitrogens with two attached hydrogens (primary N) is 1. The van der Waals surface area contributed by atoms with E-state index in [4.69, 9.17) is 12.3 Å². The van der Waals surface area contributed by atoms with Gasteiger partial charge in [0.15, 0.2) is 5.69 Å². The summed E-state index contributed by atoms with van der Waals surface area (Å²) < 4.78 is 25.8. The lowest BCUT2D eigenvalue weighted by molar-refractivity contribution is 0.579. The molecule has 0 fully saturated rings. The molecule has 1 rings (SSSR count). The molecule has 0 aliphatic rings. The van der Waals surface area contributed by atoms with Gasteiger partial charge in [-0.3, -0.25) is 0 Å². The van der Waals surface area contributed by atoms with Crippen molar-refractivity contribution in [1.29, 1.82) is 0 Å². The van der Waals surface area contributed by atoms with E-state index in [1.54, 1.807) is 0 Å². The zero-order chi connectivity index (χ0) is 12.0. The van der Waals surface area contributed by atoms with Gasteiger partial charge < -0.3 is 5.73 Å². The van der Waals surface area contributed by atoms with Gasteiger partial charge in [-0.1, -0.05) is 24.3 Å². The zero-order valence-electron chi connectivity index (χ0n) is 8.68. The Morgan fingerprint density at radius 3 is 2.44 bits per heavy atom. The fraction of sp³-hybridized carbons (Fsp3) is 0.300. The lowest BCUT2D eigenvalue weighted by atomic mass is 10.3. The van der Waals surface area contributed by atoms with Crippen LogP contribution >= 0.6 is 0 Å². The predicted octanol–water partition coefficient (Wildman–Crippen LogP) is 0.864. The average Bonchev–Trinajstić information content (AvgIpc) is 2.29. The van der Waals surface area contributed by atoms with Crippen molar-refractivity contribution in [3.63, 3.8) is 0 Å². The molecule has 0 spiro atoms. The molecule has 0 heterocycles. The van der Waals surface area contributed by atoms with Crippen LogP contribution in [0.3, 0.4) is 0 Å². The van der Waals surface area contributed by atoms with Gasteiger partial charge >= 0.3 is 0 Å². The van der Waals surface area contributed by atoms with Crippen molar-refractivity contribution in [2.24, 2.45) is 5.73 Å². The van der Waals surface area contributed by atoms with Crippen LogP contribution in [0, 0.1) is 6.57 Å². The Labute approximate surface area is 95.1 Å². The van der Waals surface area contributed by atoms with Crippen molar-refractivity contribution >= 4 is 15.7 Å². The van der Waals surface area contributed by atoms with Crippen LogP contribution < -0.4 is 10.5 Å². The quantitative estimate of drug-likeness (QED) is 0.591. The first kappa shape index (κ1) is 12.6. The summed E-state index contributed by atoms with van der Waals surface area (Å²) in [6.45, 7) is 7.52. The van der Waals surface area contributed by atoms with E-state index in [9.17, 15) is 8.42 Å². The Morgan fingerprint density at radius 2 is 1.94 bits per heavy atom. The highest BCUT2D eigenvalue weighted by Gasteiger charge is 2.12. The summed E-state index contributed by atoms with van der Waals surface area (Å²) in [5.41, 5.74) is 5.68. The van der Waals surface area contributed by atoms with Crippen LogP contribution in [0.2, 0.25) is 0 Å². The van der Waals surface area contributed by atoms with Crippen molar-refractivity contribution < 1.29 is 8.42 Å². The molecule has 0 unspecified atom stereocenters. The number of nitrogens with one attached hydrogen (secondary N) is 1.